The van der Waals surface area contributed by atoms with E-state index >= 15 is 0 Å². The molecule has 1 aliphatic carbocycles. The van der Waals surface area contributed by atoms with E-state index in [9.17, 15) is 0 Å². The molecule has 0 bridgehead atoms. The molecule has 0 radical (unpaired) electrons. The number of fused-ring (bicyclic) bond motifs is 6. The van der Waals surface area contributed by atoms with E-state index in [0.29, 0.717) is 5.92 Å². The van der Waals surface area contributed by atoms with Gasteiger partial charge < -0.3 is 9.13 Å². The lowest BCUT2D eigenvalue weighted by molar-refractivity contribution is 0.728. The third-order valence-electron chi connectivity index (χ3n) is 7.01. The monoisotopic (exact) mass is 424 g/mol. The number of rotatable bonds is 2. The van der Waals surface area contributed by atoms with Crippen molar-refractivity contribution in [1.82, 2.24) is 9.13 Å². The molecule has 158 valence electrons. The molecular weight excluding hydrogens is 400 g/mol. The number of allylic oxidation sites excluding steroid dienone is 4. The van der Waals surface area contributed by atoms with E-state index in [2.05, 4.69) is 125 Å². The average Bonchev–Trinajstić information content (AvgIpc) is 3.37. The highest BCUT2D eigenvalue weighted by Gasteiger charge is 2.21. The van der Waals surface area contributed by atoms with Crippen molar-refractivity contribution in [3.8, 4) is 0 Å². The van der Waals surface area contributed by atoms with Crippen molar-refractivity contribution in [2.24, 2.45) is 5.92 Å². The quantitative estimate of drug-likeness (QED) is 0.264. The molecule has 6 aromatic rings. The van der Waals surface area contributed by atoms with Crippen LogP contribution in [-0.4, -0.2) is 9.13 Å². The van der Waals surface area contributed by atoms with Crippen LogP contribution in [0.3, 0.4) is 0 Å². The molecule has 1 aliphatic rings. The van der Waals surface area contributed by atoms with E-state index in [0.717, 1.165) is 6.42 Å². The maximum atomic E-state index is 2.47. The number of aromatic nitrogens is 2. The lowest BCUT2D eigenvalue weighted by Gasteiger charge is -2.23. The fourth-order valence-corrected chi connectivity index (χ4v) is 5.69. The summed E-state index contributed by atoms with van der Waals surface area (Å²) in [5.41, 5.74) is 7.68. The van der Waals surface area contributed by atoms with Gasteiger partial charge in [0.2, 0.25) is 0 Å². The summed E-state index contributed by atoms with van der Waals surface area (Å²) in [4.78, 5) is 0. The molecule has 7 rings (SSSR count). The summed E-state index contributed by atoms with van der Waals surface area (Å²) in [6.07, 6.45) is 5.84. The number of para-hydroxylation sites is 4. The summed E-state index contributed by atoms with van der Waals surface area (Å²) < 4.78 is 4.91. The Morgan fingerprint density at radius 2 is 0.939 bits per heavy atom. The molecule has 0 saturated carbocycles. The van der Waals surface area contributed by atoms with Crippen LogP contribution in [0.15, 0.2) is 109 Å². The van der Waals surface area contributed by atoms with Crippen LogP contribution in [0.4, 0.5) is 0 Å². The predicted octanol–water partition coefficient (Wildman–Crippen LogP) is 8.32. The van der Waals surface area contributed by atoms with Crippen molar-refractivity contribution >= 4 is 55.0 Å². The second kappa shape index (κ2) is 6.98. The van der Waals surface area contributed by atoms with Crippen LogP contribution in [0.1, 0.15) is 13.3 Å². The van der Waals surface area contributed by atoms with Gasteiger partial charge in [0.15, 0.2) is 0 Å². The van der Waals surface area contributed by atoms with Crippen molar-refractivity contribution in [3.05, 3.63) is 109 Å². The Kier molecular flexibility index (Phi) is 3.92. The van der Waals surface area contributed by atoms with E-state index in [-0.39, 0.29) is 0 Å². The number of hydrogen-bond donors (Lipinski definition) is 0. The Morgan fingerprint density at radius 1 is 0.545 bits per heavy atom. The molecule has 2 nitrogen and oxygen atoms in total. The Hall–Kier alpha value is -4.04. The van der Waals surface area contributed by atoms with Gasteiger partial charge in [-0.15, -0.1) is 0 Å². The Morgan fingerprint density at radius 3 is 1.39 bits per heavy atom. The first-order chi connectivity index (χ1) is 16.3. The summed E-state index contributed by atoms with van der Waals surface area (Å²) >= 11 is 0. The third kappa shape index (κ3) is 2.67. The Bertz CT molecular complexity index is 1650. The average molecular weight is 425 g/mol. The molecule has 0 saturated heterocycles. The first kappa shape index (κ1) is 18.5. The van der Waals surface area contributed by atoms with E-state index in [4.69, 9.17) is 0 Å². The Balaban J connectivity index is 1.53. The minimum absolute atomic E-state index is 0.444. The van der Waals surface area contributed by atoms with Crippen molar-refractivity contribution in [2.75, 3.05) is 0 Å². The smallest absolute Gasteiger partial charge is 0.0540 e. The van der Waals surface area contributed by atoms with Crippen LogP contribution in [0.5, 0.6) is 0 Å². The van der Waals surface area contributed by atoms with Crippen LogP contribution in [0.25, 0.3) is 55.0 Å². The second-order valence-electron chi connectivity index (χ2n) is 9.15. The van der Waals surface area contributed by atoms with Crippen LogP contribution in [0, 0.1) is 5.92 Å². The Labute approximate surface area is 192 Å². The molecule has 2 aromatic heterocycles. The largest absolute Gasteiger partial charge is 0.313 e. The van der Waals surface area contributed by atoms with Crippen LogP contribution >= 0.6 is 0 Å². The maximum Gasteiger partial charge on any atom is 0.0540 e. The van der Waals surface area contributed by atoms with Gasteiger partial charge in [0, 0.05) is 32.9 Å². The van der Waals surface area contributed by atoms with Crippen LogP contribution in [-0.2, 0) is 0 Å². The molecule has 0 aliphatic heterocycles. The SMILES string of the molecule is CC1C=C(n2c3ccccc3c3ccccc32)C=C(n2c3ccccc3c3ccccc32)C1. The van der Waals surface area contributed by atoms with Gasteiger partial charge in [0.1, 0.15) is 0 Å². The third-order valence-corrected chi connectivity index (χ3v) is 7.01. The van der Waals surface area contributed by atoms with Crippen molar-refractivity contribution in [2.45, 2.75) is 13.3 Å². The zero-order valence-electron chi connectivity index (χ0n) is 18.6. The molecule has 2 heterocycles. The minimum atomic E-state index is 0.444. The fraction of sp³-hybridized carbons (Fsp3) is 0.0968. The van der Waals surface area contributed by atoms with E-state index in [1.807, 2.05) is 0 Å². The second-order valence-corrected chi connectivity index (χ2v) is 9.15. The maximum absolute atomic E-state index is 2.47. The molecule has 0 amide bonds. The van der Waals surface area contributed by atoms with Crippen LogP contribution < -0.4 is 0 Å². The van der Waals surface area contributed by atoms with E-state index < -0.39 is 0 Å². The zero-order chi connectivity index (χ0) is 21.9. The zero-order valence-corrected chi connectivity index (χ0v) is 18.6. The predicted molar refractivity (Wildman–Crippen MR) is 141 cm³/mol. The van der Waals surface area contributed by atoms with Gasteiger partial charge in [-0.25, -0.2) is 0 Å². The topological polar surface area (TPSA) is 9.86 Å². The van der Waals surface area contributed by atoms with Crippen molar-refractivity contribution in [1.29, 1.82) is 0 Å². The molecule has 0 fully saturated rings. The molecule has 33 heavy (non-hydrogen) atoms. The standard InChI is InChI=1S/C31H24N2/c1-21-18-22(32-28-14-6-2-10-24(28)25-11-3-7-15-29(25)32)20-23(19-21)33-30-16-8-4-12-26(30)27-13-5-9-17-31(27)33/h2-18,20-21H,19H2,1H3. The summed E-state index contributed by atoms with van der Waals surface area (Å²) in [6, 6.07) is 35.1. The van der Waals surface area contributed by atoms with Gasteiger partial charge in [-0.1, -0.05) is 85.8 Å². The molecule has 1 unspecified atom stereocenters. The normalized spacial score (nSPS) is 16.6. The first-order valence-electron chi connectivity index (χ1n) is 11.7. The first-order valence-corrected chi connectivity index (χ1v) is 11.7. The minimum Gasteiger partial charge on any atom is -0.313 e. The molecule has 0 N–H and O–H groups in total. The summed E-state index contributed by atoms with van der Waals surface area (Å²) in [5.74, 6) is 0.444. The summed E-state index contributed by atoms with van der Waals surface area (Å²) in [7, 11) is 0. The highest BCUT2D eigenvalue weighted by molar-refractivity contribution is 6.12. The number of hydrogen-bond acceptors (Lipinski definition) is 0. The van der Waals surface area contributed by atoms with Gasteiger partial charge in [0.25, 0.3) is 0 Å². The molecule has 4 aromatic carbocycles. The summed E-state index contributed by atoms with van der Waals surface area (Å²) in [5, 5.41) is 5.24. The van der Waals surface area contributed by atoms with E-state index in [1.54, 1.807) is 0 Å². The van der Waals surface area contributed by atoms with Crippen LogP contribution in [0.2, 0.25) is 0 Å². The number of nitrogens with zero attached hydrogens (tertiary/aromatic N) is 2. The van der Waals surface area contributed by atoms with Crippen molar-refractivity contribution < 1.29 is 0 Å². The van der Waals surface area contributed by atoms with Gasteiger partial charge in [-0.05, 0) is 42.7 Å². The highest BCUT2D eigenvalue weighted by atomic mass is 15.0. The highest BCUT2D eigenvalue weighted by Crippen LogP contribution is 2.39. The molecule has 1 atom stereocenters. The van der Waals surface area contributed by atoms with Gasteiger partial charge >= 0.3 is 0 Å². The molecule has 2 heteroatoms. The number of benzene rings is 4. The lowest BCUT2D eigenvalue weighted by atomic mass is 9.97. The summed E-state index contributed by atoms with van der Waals surface area (Å²) in [6.45, 7) is 2.33. The van der Waals surface area contributed by atoms with Gasteiger partial charge in [-0.2, -0.15) is 0 Å². The fourth-order valence-electron chi connectivity index (χ4n) is 5.69. The lowest BCUT2D eigenvalue weighted by Crippen LogP contribution is -2.09. The van der Waals surface area contributed by atoms with E-state index in [1.165, 1.54) is 55.0 Å². The van der Waals surface area contributed by atoms with Gasteiger partial charge in [0.05, 0.1) is 22.1 Å². The molecular formula is C31H24N2. The molecule has 0 spiro atoms. The van der Waals surface area contributed by atoms with Crippen molar-refractivity contribution in [3.63, 3.8) is 0 Å². The van der Waals surface area contributed by atoms with Gasteiger partial charge in [-0.3, -0.25) is 0 Å².